The van der Waals surface area contributed by atoms with E-state index in [1.165, 1.54) is 0 Å². The Kier molecular flexibility index (Phi) is 5.54. The molecule has 7 nitrogen and oxygen atoms in total. The Morgan fingerprint density at radius 3 is 2.83 bits per heavy atom. The highest BCUT2D eigenvalue weighted by molar-refractivity contribution is 5.82. The largest absolute Gasteiger partial charge is 0.494 e. The first-order valence-electron chi connectivity index (χ1n) is 10.1. The van der Waals surface area contributed by atoms with Crippen LogP contribution in [0.1, 0.15) is 24.5 Å². The van der Waals surface area contributed by atoms with Crippen molar-refractivity contribution in [2.45, 2.75) is 20.3 Å². The van der Waals surface area contributed by atoms with Crippen molar-refractivity contribution < 1.29 is 4.74 Å². The van der Waals surface area contributed by atoms with Crippen LogP contribution in [0.15, 0.2) is 36.5 Å². The van der Waals surface area contributed by atoms with E-state index in [0.717, 1.165) is 60.1 Å². The van der Waals surface area contributed by atoms with Gasteiger partial charge in [-0.3, -0.25) is 0 Å². The van der Waals surface area contributed by atoms with Crippen molar-refractivity contribution in [3.05, 3.63) is 47.7 Å². The lowest BCUT2D eigenvalue weighted by molar-refractivity contribution is 0.340. The smallest absolute Gasteiger partial charge is 0.137 e. The third-order valence-corrected chi connectivity index (χ3v) is 5.36. The molecule has 7 heteroatoms. The van der Waals surface area contributed by atoms with Crippen LogP contribution in [0, 0.1) is 24.2 Å². The maximum Gasteiger partial charge on any atom is 0.137 e. The van der Waals surface area contributed by atoms with Crippen LogP contribution in [0.4, 0.5) is 17.2 Å². The third-order valence-electron chi connectivity index (χ3n) is 5.36. The van der Waals surface area contributed by atoms with Crippen molar-refractivity contribution in [3.63, 3.8) is 0 Å². The van der Waals surface area contributed by atoms with Crippen molar-refractivity contribution in [2.75, 3.05) is 36.9 Å². The topological polar surface area (TPSA) is 86.4 Å². The van der Waals surface area contributed by atoms with Gasteiger partial charge in [0.1, 0.15) is 23.2 Å². The maximum absolute atomic E-state index is 9.84. The molecule has 1 aliphatic heterocycles. The molecular weight excluding hydrogens is 364 g/mol. The van der Waals surface area contributed by atoms with E-state index in [4.69, 9.17) is 4.74 Å². The highest BCUT2D eigenvalue weighted by atomic mass is 16.5. The van der Waals surface area contributed by atoms with E-state index >= 15 is 0 Å². The second-order valence-electron chi connectivity index (χ2n) is 7.29. The van der Waals surface area contributed by atoms with Gasteiger partial charge in [0.25, 0.3) is 0 Å². The standard InChI is InChI=1S/C22H26N6O/c1-3-29-18-6-4-17(5-7-18)27-22-15(2)21(25-14-16-8-10-24-13-16)19(12-23)20-9-11-26-28(20)22/h4-7,9,11,16,24-25,27H,3,8,10,13-14H2,1-2H3. The summed E-state index contributed by atoms with van der Waals surface area (Å²) in [5, 5.41) is 24.7. The first kappa shape index (κ1) is 19.1. The van der Waals surface area contributed by atoms with E-state index in [0.29, 0.717) is 18.1 Å². The highest BCUT2D eigenvalue weighted by Gasteiger charge is 2.20. The van der Waals surface area contributed by atoms with E-state index < -0.39 is 0 Å². The number of nitriles is 1. The number of aromatic nitrogens is 2. The summed E-state index contributed by atoms with van der Waals surface area (Å²) in [6.07, 6.45) is 2.88. The van der Waals surface area contributed by atoms with E-state index in [2.05, 4.69) is 27.1 Å². The molecule has 1 aromatic carbocycles. The predicted molar refractivity (Wildman–Crippen MR) is 115 cm³/mol. The molecule has 0 radical (unpaired) electrons. The van der Waals surface area contributed by atoms with E-state index in [1.807, 2.05) is 44.2 Å². The minimum atomic E-state index is 0.574. The zero-order valence-corrected chi connectivity index (χ0v) is 16.8. The number of ether oxygens (including phenoxy) is 1. The van der Waals surface area contributed by atoms with Crippen LogP contribution in [0.3, 0.4) is 0 Å². The average molecular weight is 390 g/mol. The summed E-state index contributed by atoms with van der Waals surface area (Å²) in [4.78, 5) is 0. The fourth-order valence-corrected chi connectivity index (χ4v) is 3.82. The molecule has 1 atom stereocenters. The molecule has 29 heavy (non-hydrogen) atoms. The van der Waals surface area contributed by atoms with Crippen LogP contribution in [0.25, 0.3) is 5.52 Å². The van der Waals surface area contributed by atoms with Crippen molar-refractivity contribution in [1.82, 2.24) is 14.9 Å². The van der Waals surface area contributed by atoms with Gasteiger partial charge >= 0.3 is 0 Å². The number of pyridine rings is 1. The van der Waals surface area contributed by atoms with Gasteiger partial charge in [-0.15, -0.1) is 0 Å². The van der Waals surface area contributed by atoms with Gasteiger partial charge in [0.05, 0.1) is 24.0 Å². The number of fused-ring (bicyclic) bond motifs is 1. The monoisotopic (exact) mass is 390 g/mol. The van der Waals surface area contributed by atoms with E-state index in [9.17, 15) is 5.26 Å². The number of hydrogen-bond donors (Lipinski definition) is 3. The number of nitrogens with one attached hydrogen (secondary N) is 3. The summed E-state index contributed by atoms with van der Waals surface area (Å²) >= 11 is 0. The molecule has 0 saturated carbocycles. The van der Waals surface area contributed by atoms with Gasteiger partial charge in [-0.1, -0.05) is 0 Å². The Morgan fingerprint density at radius 1 is 1.31 bits per heavy atom. The van der Waals surface area contributed by atoms with Crippen LogP contribution in [-0.2, 0) is 0 Å². The number of rotatable bonds is 7. The molecule has 0 amide bonds. The average Bonchev–Trinajstić information content (AvgIpc) is 3.42. The lowest BCUT2D eigenvalue weighted by Gasteiger charge is -2.20. The first-order chi connectivity index (χ1) is 14.2. The van der Waals surface area contributed by atoms with Gasteiger partial charge in [0, 0.05) is 17.8 Å². The molecule has 0 spiro atoms. The quantitative estimate of drug-likeness (QED) is 0.571. The Bertz CT molecular complexity index is 1030. The molecule has 3 heterocycles. The van der Waals surface area contributed by atoms with Crippen LogP contribution in [0.5, 0.6) is 5.75 Å². The fraction of sp³-hybridized carbons (Fsp3) is 0.364. The fourth-order valence-electron chi connectivity index (χ4n) is 3.82. The molecule has 1 aliphatic rings. The molecule has 3 N–H and O–H groups in total. The summed E-state index contributed by atoms with van der Waals surface area (Å²) in [5.41, 5.74) is 4.20. The van der Waals surface area contributed by atoms with Gasteiger partial charge in [-0.2, -0.15) is 10.4 Å². The zero-order valence-electron chi connectivity index (χ0n) is 16.8. The van der Waals surface area contributed by atoms with Crippen LogP contribution in [-0.4, -0.2) is 35.9 Å². The SMILES string of the molecule is CCOc1ccc(Nc2c(C)c(NCC3CCNC3)c(C#N)c3ccnn23)cc1. The molecule has 150 valence electrons. The highest BCUT2D eigenvalue weighted by Crippen LogP contribution is 2.33. The minimum absolute atomic E-state index is 0.574. The van der Waals surface area contributed by atoms with E-state index in [1.54, 1.807) is 10.7 Å². The summed E-state index contributed by atoms with van der Waals surface area (Å²) < 4.78 is 7.32. The zero-order chi connectivity index (χ0) is 20.2. The normalized spacial score (nSPS) is 16.0. The lowest BCUT2D eigenvalue weighted by Crippen LogP contribution is -2.19. The maximum atomic E-state index is 9.84. The number of anilines is 3. The van der Waals surface area contributed by atoms with Crippen molar-refractivity contribution in [1.29, 1.82) is 5.26 Å². The summed E-state index contributed by atoms with van der Waals surface area (Å²) in [6, 6.07) is 12.1. The summed E-state index contributed by atoms with van der Waals surface area (Å²) in [6.45, 7) is 7.55. The predicted octanol–water partition coefficient (Wildman–Crippen LogP) is 3.68. The minimum Gasteiger partial charge on any atom is -0.494 e. The van der Waals surface area contributed by atoms with Gasteiger partial charge in [0.15, 0.2) is 0 Å². The van der Waals surface area contributed by atoms with Gasteiger partial charge in [0.2, 0.25) is 0 Å². The van der Waals surface area contributed by atoms with Gasteiger partial charge in [-0.05, 0) is 69.6 Å². The first-order valence-corrected chi connectivity index (χ1v) is 10.1. The Labute approximate surface area is 170 Å². The number of benzene rings is 1. The van der Waals surface area contributed by atoms with Crippen molar-refractivity contribution in [3.8, 4) is 11.8 Å². The Balaban J connectivity index is 1.69. The number of nitrogens with zero attached hydrogens (tertiary/aromatic N) is 3. The second kappa shape index (κ2) is 8.41. The molecule has 1 fully saturated rings. The molecule has 1 unspecified atom stereocenters. The summed E-state index contributed by atoms with van der Waals surface area (Å²) in [5.74, 6) is 2.26. The summed E-state index contributed by atoms with van der Waals surface area (Å²) in [7, 11) is 0. The lowest BCUT2D eigenvalue weighted by atomic mass is 10.1. The molecule has 3 aromatic rings. The molecule has 1 saturated heterocycles. The molecule has 0 aliphatic carbocycles. The van der Waals surface area contributed by atoms with Crippen molar-refractivity contribution >= 4 is 22.7 Å². The number of hydrogen-bond acceptors (Lipinski definition) is 6. The molecule has 0 bridgehead atoms. The van der Waals surface area contributed by atoms with Crippen LogP contribution >= 0.6 is 0 Å². The second-order valence-corrected chi connectivity index (χ2v) is 7.29. The Hall–Kier alpha value is -3.24. The van der Waals surface area contributed by atoms with Crippen molar-refractivity contribution in [2.24, 2.45) is 5.92 Å². The van der Waals surface area contributed by atoms with Crippen LogP contribution < -0.4 is 20.7 Å². The van der Waals surface area contributed by atoms with Crippen LogP contribution in [0.2, 0.25) is 0 Å². The van der Waals surface area contributed by atoms with E-state index in [-0.39, 0.29) is 0 Å². The van der Waals surface area contributed by atoms with Gasteiger partial charge in [-0.25, -0.2) is 4.52 Å². The molecule has 2 aromatic heterocycles. The van der Waals surface area contributed by atoms with Gasteiger partial charge < -0.3 is 20.7 Å². The third kappa shape index (κ3) is 3.84. The molecular formula is C22H26N6O. The molecule has 4 rings (SSSR count). The Morgan fingerprint density at radius 2 is 2.14 bits per heavy atom.